The molecule has 5 N–H and O–H groups in total. The Morgan fingerprint density at radius 2 is 1.76 bits per heavy atom. The summed E-state index contributed by atoms with van der Waals surface area (Å²) in [6.07, 6.45) is -1.64. The van der Waals surface area contributed by atoms with Gasteiger partial charge in [0.2, 0.25) is 0 Å². The number of hydrogen-bond acceptors (Lipinski definition) is 6. The number of halogens is 4. The lowest BCUT2D eigenvalue weighted by atomic mass is 10.1. The molecule has 0 aliphatic carbocycles. The third-order valence-electron chi connectivity index (χ3n) is 4.62. The van der Waals surface area contributed by atoms with Crippen LogP contribution in [0.3, 0.4) is 0 Å². The maximum absolute atomic E-state index is 14.3. The van der Waals surface area contributed by atoms with Crippen LogP contribution in [0.25, 0.3) is 17.1 Å². The van der Waals surface area contributed by atoms with Crippen LogP contribution in [0.4, 0.5) is 34.8 Å². The Morgan fingerprint density at radius 3 is 2.39 bits per heavy atom. The quantitative estimate of drug-likeness (QED) is 0.399. The Morgan fingerprint density at radius 1 is 1.03 bits per heavy atom. The smallest absolute Gasteiger partial charge is 0.394 e. The number of nitrogens with two attached hydrogens (primary N) is 2. The first-order valence-electron chi connectivity index (χ1n) is 9.33. The Balaban J connectivity index is 1.53. The molecular formula is C21H15F4N7O. The highest BCUT2D eigenvalue weighted by Gasteiger charge is 2.32. The van der Waals surface area contributed by atoms with E-state index in [0.29, 0.717) is 23.1 Å². The summed E-state index contributed by atoms with van der Waals surface area (Å²) in [5, 5.41) is 6.22. The van der Waals surface area contributed by atoms with Crippen molar-refractivity contribution in [2.75, 3.05) is 16.8 Å². The number of rotatable bonds is 4. The zero-order valence-electron chi connectivity index (χ0n) is 16.6. The molecule has 0 saturated carbocycles. The summed E-state index contributed by atoms with van der Waals surface area (Å²) >= 11 is 0. The number of carbonyl (C=O) groups is 1. The third-order valence-corrected chi connectivity index (χ3v) is 4.62. The summed E-state index contributed by atoms with van der Waals surface area (Å²) in [6.45, 7) is 0. The molecule has 1 amide bonds. The Kier molecular flexibility index (Phi) is 5.42. The van der Waals surface area contributed by atoms with Gasteiger partial charge in [0.05, 0.1) is 34.9 Å². The van der Waals surface area contributed by atoms with Gasteiger partial charge in [0.15, 0.2) is 11.6 Å². The summed E-state index contributed by atoms with van der Waals surface area (Å²) in [4.78, 5) is 20.7. The van der Waals surface area contributed by atoms with Crippen LogP contribution < -0.4 is 16.8 Å². The molecule has 4 rings (SSSR count). The van der Waals surface area contributed by atoms with Crippen LogP contribution in [0.1, 0.15) is 15.9 Å². The summed E-state index contributed by atoms with van der Waals surface area (Å²) < 4.78 is 53.6. The highest BCUT2D eigenvalue weighted by Crippen LogP contribution is 2.29. The minimum Gasteiger partial charge on any atom is -0.394 e. The number of aromatic nitrogens is 4. The van der Waals surface area contributed by atoms with E-state index in [4.69, 9.17) is 11.5 Å². The number of nitrogens with zero attached hydrogens (tertiary/aromatic N) is 4. The largest absolute Gasteiger partial charge is 0.419 e. The highest BCUT2D eigenvalue weighted by molar-refractivity contribution is 6.05. The summed E-state index contributed by atoms with van der Waals surface area (Å²) in [5.41, 5.74) is 11.3. The fraction of sp³-hybridized carbons (Fsp3) is 0.0476. The second-order valence-corrected chi connectivity index (χ2v) is 6.90. The molecule has 12 heteroatoms. The van der Waals surface area contributed by atoms with Gasteiger partial charge in [0.25, 0.3) is 5.91 Å². The third kappa shape index (κ3) is 4.59. The maximum atomic E-state index is 14.3. The number of benzene rings is 2. The zero-order chi connectivity index (χ0) is 23.8. The van der Waals surface area contributed by atoms with Crippen molar-refractivity contribution in [3.8, 4) is 17.1 Å². The van der Waals surface area contributed by atoms with E-state index in [-0.39, 0.29) is 22.9 Å². The monoisotopic (exact) mass is 457 g/mol. The number of hydrogen-bond donors (Lipinski definition) is 3. The lowest BCUT2D eigenvalue weighted by Gasteiger charge is -2.09. The number of carbonyl (C=O) groups excluding carboxylic acids is 1. The van der Waals surface area contributed by atoms with E-state index in [0.717, 1.165) is 16.9 Å². The molecule has 0 aliphatic rings. The Bertz CT molecular complexity index is 1330. The fourth-order valence-electron chi connectivity index (χ4n) is 2.89. The van der Waals surface area contributed by atoms with E-state index in [1.165, 1.54) is 42.6 Å². The van der Waals surface area contributed by atoms with Crippen LogP contribution in [0, 0.1) is 5.82 Å². The lowest BCUT2D eigenvalue weighted by Crippen LogP contribution is -2.14. The topological polar surface area (TPSA) is 125 Å². The van der Waals surface area contributed by atoms with Gasteiger partial charge >= 0.3 is 6.18 Å². The van der Waals surface area contributed by atoms with Crippen molar-refractivity contribution in [2.45, 2.75) is 6.18 Å². The van der Waals surface area contributed by atoms with Crippen molar-refractivity contribution in [3.63, 3.8) is 0 Å². The molecule has 33 heavy (non-hydrogen) atoms. The second kappa shape index (κ2) is 8.22. The van der Waals surface area contributed by atoms with Gasteiger partial charge in [-0.05, 0) is 42.5 Å². The molecule has 0 radical (unpaired) electrons. The standard InChI is InChI=1S/C21H15F4N7O/c22-16-6-1-11(19-28-9-17(26)18(27)31-19)7-15(16)20(33)30-13-2-4-14(5-3-13)32-10-12(8-29-32)21(23,24)25/h1-10H,26H2,(H,30,33)(H2,27,28,31). The SMILES string of the molecule is Nc1cnc(-c2ccc(F)c(C(=O)Nc3ccc(-n4cc(C(F)(F)F)cn4)cc3)c2)nc1N. The van der Waals surface area contributed by atoms with Crippen molar-refractivity contribution in [2.24, 2.45) is 0 Å². The van der Waals surface area contributed by atoms with Crippen LogP contribution in [0.2, 0.25) is 0 Å². The molecule has 4 aromatic rings. The average Bonchev–Trinajstić information content (AvgIpc) is 3.27. The molecule has 0 spiro atoms. The van der Waals surface area contributed by atoms with Gasteiger partial charge in [-0.15, -0.1) is 0 Å². The van der Waals surface area contributed by atoms with Gasteiger partial charge in [-0.3, -0.25) is 4.79 Å². The molecule has 0 unspecified atom stereocenters. The number of amides is 1. The minimum atomic E-state index is -4.51. The molecule has 0 atom stereocenters. The van der Waals surface area contributed by atoms with Gasteiger partial charge in [-0.25, -0.2) is 19.0 Å². The predicted molar refractivity (Wildman–Crippen MR) is 113 cm³/mol. The van der Waals surface area contributed by atoms with E-state index >= 15 is 0 Å². The average molecular weight is 457 g/mol. The second-order valence-electron chi connectivity index (χ2n) is 6.90. The first-order chi connectivity index (χ1) is 15.6. The van der Waals surface area contributed by atoms with Crippen molar-refractivity contribution in [1.82, 2.24) is 19.7 Å². The summed E-state index contributed by atoms with van der Waals surface area (Å²) in [5.74, 6) is -1.30. The van der Waals surface area contributed by atoms with Crippen LogP contribution in [-0.4, -0.2) is 25.7 Å². The van der Waals surface area contributed by atoms with Gasteiger partial charge in [-0.1, -0.05) is 0 Å². The molecule has 0 fully saturated rings. The number of anilines is 3. The Labute approximate surface area is 183 Å². The minimum absolute atomic E-state index is 0.0509. The number of alkyl halides is 3. The van der Waals surface area contributed by atoms with Crippen LogP contribution in [0.15, 0.2) is 61.1 Å². The molecule has 168 valence electrons. The fourth-order valence-corrected chi connectivity index (χ4v) is 2.89. The van der Waals surface area contributed by atoms with Crippen LogP contribution >= 0.6 is 0 Å². The van der Waals surface area contributed by atoms with Gasteiger partial charge < -0.3 is 16.8 Å². The maximum Gasteiger partial charge on any atom is 0.419 e. The molecule has 2 aromatic carbocycles. The predicted octanol–water partition coefficient (Wildman–Crippen LogP) is 3.90. The molecule has 8 nitrogen and oxygen atoms in total. The number of nitrogens with one attached hydrogen (secondary N) is 1. The molecule has 2 aromatic heterocycles. The Hall–Kier alpha value is -4.48. The van der Waals surface area contributed by atoms with Crippen molar-refractivity contribution >= 4 is 23.1 Å². The van der Waals surface area contributed by atoms with Crippen molar-refractivity contribution in [1.29, 1.82) is 0 Å². The summed E-state index contributed by atoms with van der Waals surface area (Å²) in [7, 11) is 0. The van der Waals surface area contributed by atoms with E-state index < -0.39 is 23.5 Å². The molecule has 0 saturated heterocycles. The van der Waals surface area contributed by atoms with Crippen molar-refractivity contribution < 1.29 is 22.4 Å². The highest BCUT2D eigenvalue weighted by atomic mass is 19.4. The normalized spacial score (nSPS) is 11.4. The van der Waals surface area contributed by atoms with Crippen LogP contribution in [-0.2, 0) is 6.18 Å². The zero-order valence-corrected chi connectivity index (χ0v) is 16.6. The summed E-state index contributed by atoms with van der Waals surface area (Å²) in [6, 6.07) is 9.58. The lowest BCUT2D eigenvalue weighted by molar-refractivity contribution is -0.137. The van der Waals surface area contributed by atoms with E-state index in [2.05, 4.69) is 20.4 Å². The van der Waals surface area contributed by atoms with Crippen molar-refractivity contribution in [3.05, 3.63) is 78.0 Å². The van der Waals surface area contributed by atoms with Gasteiger partial charge in [0.1, 0.15) is 5.82 Å². The molecule has 2 heterocycles. The van der Waals surface area contributed by atoms with E-state index in [1.807, 2.05) is 0 Å². The number of nitrogen functional groups attached to an aromatic ring is 2. The first kappa shape index (κ1) is 21.7. The van der Waals surface area contributed by atoms with E-state index in [1.54, 1.807) is 0 Å². The van der Waals surface area contributed by atoms with Crippen LogP contribution in [0.5, 0.6) is 0 Å². The van der Waals surface area contributed by atoms with Gasteiger partial charge in [-0.2, -0.15) is 18.3 Å². The van der Waals surface area contributed by atoms with Gasteiger partial charge in [0, 0.05) is 17.4 Å². The molecule has 0 bridgehead atoms. The first-order valence-corrected chi connectivity index (χ1v) is 9.33. The molecule has 0 aliphatic heterocycles. The molecular weight excluding hydrogens is 442 g/mol. The van der Waals surface area contributed by atoms with E-state index in [9.17, 15) is 22.4 Å².